The van der Waals surface area contributed by atoms with Crippen LogP contribution in [-0.4, -0.2) is 12.6 Å². The SMILES string of the molecule is CCOC(=O)C1CCC(c2ccc(C(C)C)cc2)C1. The molecule has 0 spiro atoms. The fourth-order valence-electron chi connectivity index (χ4n) is 2.91. The van der Waals surface area contributed by atoms with Crippen LogP contribution in [0.25, 0.3) is 0 Å². The number of esters is 1. The van der Waals surface area contributed by atoms with Crippen molar-refractivity contribution in [3.63, 3.8) is 0 Å². The molecule has 2 atom stereocenters. The average molecular weight is 260 g/mol. The van der Waals surface area contributed by atoms with Gasteiger partial charge in [-0.15, -0.1) is 0 Å². The molecule has 1 aliphatic rings. The number of ether oxygens (including phenoxy) is 1. The molecule has 0 saturated heterocycles. The van der Waals surface area contributed by atoms with Gasteiger partial charge in [0.1, 0.15) is 0 Å². The van der Waals surface area contributed by atoms with Crippen molar-refractivity contribution in [3.05, 3.63) is 35.4 Å². The molecule has 19 heavy (non-hydrogen) atoms. The number of hydrogen-bond donors (Lipinski definition) is 0. The van der Waals surface area contributed by atoms with Gasteiger partial charge >= 0.3 is 5.97 Å². The van der Waals surface area contributed by atoms with E-state index in [-0.39, 0.29) is 11.9 Å². The van der Waals surface area contributed by atoms with Gasteiger partial charge in [-0.05, 0) is 49.1 Å². The molecule has 2 nitrogen and oxygen atoms in total. The maximum Gasteiger partial charge on any atom is 0.308 e. The van der Waals surface area contributed by atoms with Gasteiger partial charge in [-0.25, -0.2) is 0 Å². The highest BCUT2D eigenvalue weighted by Gasteiger charge is 2.31. The van der Waals surface area contributed by atoms with Crippen molar-refractivity contribution in [1.29, 1.82) is 0 Å². The molecule has 0 amide bonds. The van der Waals surface area contributed by atoms with Crippen molar-refractivity contribution in [3.8, 4) is 0 Å². The zero-order chi connectivity index (χ0) is 13.8. The van der Waals surface area contributed by atoms with E-state index in [1.807, 2.05) is 6.92 Å². The van der Waals surface area contributed by atoms with Crippen LogP contribution in [0.3, 0.4) is 0 Å². The van der Waals surface area contributed by atoms with Crippen LogP contribution in [0.5, 0.6) is 0 Å². The maximum absolute atomic E-state index is 11.7. The molecular formula is C17H24O2. The van der Waals surface area contributed by atoms with Crippen molar-refractivity contribution >= 4 is 5.97 Å². The van der Waals surface area contributed by atoms with Crippen molar-refractivity contribution in [2.75, 3.05) is 6.61 Å². The lowest BCUT2D eigenvalue weighted by Gasteiger charge is -2.13. The zero-order valence-corrected chi connectivity index (χ0v) is 12.2. The Kier molecular flexibility index (Phi) is 4.62. The van der Waals surface area contributed by atoms with Gasteiger partial charge in [0, 0.05) is 0 Å². The molecule has 2 unspecified atom stereocenters. The van der Waals surface area contributed by atoms with E-state index in [2.05, 4.69) is 38.1 Å². The smallest absolute Gasteiger partial charge is 0.308 e. The standard InChI is InChI=1S/C17H24O2/c1-4-19-17(18)16-10-9-15(11-16)14-7-5-13(6-8-14)12(2)3/h5-8,12,15-16H,4,9-11H2,1-3H3. The third kappa shape index (κ3) is 3.37. The second-order valence-corrected chi connectivity index (χ2v) is 5.78. The van der Waals surface area contributed by atoms with E-state index in [1.54, 1.807) is 0 Å². The van der Waals surface area contributed by atoms with Crippen LogP contribution in [0.1, 0.15) is 63.0 Å². The Morgan fingerprint density at radius 1 is 1.26 bits per heavy atom. The molecule has 0 N–H and O–H groups in total. The Morgan fingerprint density at radius 2 is 1.95 bits per heavy atom. The van der Waals surface area contributed by atoms with Crippen molar-refractivity contribution in [2.24, 2.45) is 5.92 Å². The van der Waals surface area contributed by atoms with Gasteiger partial charge in [-0.2, -0.15) is 0 Å². The second-order valence-electron chi connectivity index (χ2n) is 5.78. The third-order valence-corrected chi connectivity index (χ3v) is 4.13. The highest BCUT2D eigenvalue weighted by Crippen LogP contribution is 2.39. The fraction of sp³-hybridized carbons (Fsp3) is 0.588. The minimum atomic E-state index is -0.0104. The number of benzene rings is 1. The molecule has 2 heteroatoms. The Balaban J connectivity index is 1.98. The molecular weight excluding hydrogens is 236 g/mol. The van der Waals surface area contributed by atoms with E-state index in [4.69, 9.17) is 4.74 Å². The summed E-state index contributed by atoms with van der Waals surface area (Å²) in [6, 6.07) is 8.90. The normalized spacial score (nSPS) is 22.7. The first-order chi connectivity index (χ1) is 9.11. The van der Waals surface area contributed by atoms with Crippen molar-refractivity contribution in [2.45, 2.75) is 51.9 Å². The van der Waals surface area contributed by atoms with E-state index >= 15 is 0 Å². The Labute approximate surface area is 116 Å². The molecule has 1 saturated carbocycles. The predicted octanol–water partition coefficient (Wildman–Crippen LogP) is 4.26. The molecule has 0 heterocycles. The topological polar surface area (TPSA) is 26.3 Å². The summed E-state index contributed by atoms with van der Waals surface area (Å²) in [6.07, 6.45) is 3.01. The zero-order valence-electron chi connectivity index (χ0n) is 12.2. The van der Waals surface area contributed by atoms with Crippen LogP contribution in [-0.2, 0) is 9.53 Å². The first-order valence-electron chi connectivity index (χ1n) is 7.38. The summed E-state index contributed by atoms with van der Waals surface area (Å²) in [6.45, 7) is 6.78. The monoisotopic (exact) mass is 260 g/mol. The highest BCUT2D eigenvalue weighted by molar-refractivity contribution is 5.73. The lowest BCUT2D eigenvalue weighted by Crippen LogP contribution is -2.14. The lowest BCUT2D eigenvalue weighted by atomic mass is 9.93. The molecule has 0 aliphatic heterocycles. The second kappa shape index (κ2) is 6.23. The number of hydrogen-bond acceptors (Lipinski definition) is 2. The van der Waals surface area contributed by atoms with Crippen molar-refractivity contribution < 1.29 is 9.53 Å². The molecule has 2 rings (SSSR count). The number of carbonyl (C=O) groups excluding carboxylic acids is 1. The number of carbonyl (C=O) groups is 1. The van der Waals surface area contributed by atoms with Gasteiger partial charge in [-0.1, -0.05) is 38.1 Å². The summed E-state index contributed by atoms with van der Waals surface area (Å²) in [5.41, 5.74) is 2.75. The highest BCUT2D eigenvalue weighted by atomic mass is 16.5. The minimum Gasteiger partial charge on any atom is -0.466 e. The van der Waals surface area contributed by atoms with E-state index in [0.717, 1.165) is 19.3 Å². The first-order valence-corrected chi connectivity index (χ1v) is 7.38. The molecule has 0 radical (unpaired) electrons. The molecule has 104 valence electrons. The molecule has 1 fully saturated rings. The Hall–Kier alpha value is -1.31. The molecule has 0 aromatic heterocycles. The van der Waals surface area contributed by atoms with Gasteiger partial charge in [0.2, 0.25) is 0 Å². The Morgan fingerprint density at radius 3 is 2.53 bits per heavy atom. The van der Waals surface area contributed by atoms with E-state index in [9.17, 15) is 4.79 Å². The van der Waals surface area contributed by atoms with Gasteiger partial charge in [0.25, 0.3) is 0 Å². The average Bonchev–Trinajstić information content (AvgIpc) is 2.89. The van der Waals surface area contributed by atoms with Crippen LogP contribution in [0.2, 0.25) is 0 Å². The largest absolute Gasteiger partial charge is 0.466 e. The third-order valence-electron chi connectivity index (χ3n) is 4.13. The molecule has 1 aromatic rings. The summed E-state index contributed by atoms with van der Waals surface area (Å²) in [4.78, 5) is 11.7. The van der Waals surface area contributed by atoms with Crippen LogP contribution in [0.4, 0.5) is 0 Å². The quantitative estimate of drug-likeness (QED) is 0.756. The Bertz CT molecular complexity index is 419. The minimum absolute atomic E-state index is 0.0104. The summed E-state index contributed by atoms with van der Waals surface area (Å²) in [5.74, 6) is 1.19. The predicted molar refractivity (Wildman–Crippen MR) is 77.2 cm³/mol. The summed E-state index contributed by atoms with van der Waals surface area (Å²) >= 11 is 0. The first kappa shape index (κ1) is 14.1. The number of rotatable bonds is 4. The maximum atomic E-state index is 11.7. The molecule has 1 aliphatic carbocycles. The lowest BCUT2D eigenvalue weighted by molar-refractivity contribution is -0.147. The molecule has 1 aromatic carbocycles. The van der Waals surface area contributed by atoms with E-state index in [0.29, 0.717) is 18.4 Å². The summed E-state index contributed by atoms with van der Waals surface area (Å²) < 4.78 is 5.12. The van der Waals surface area contributed by atoms with Crippen LogP contribution < -0.4 is 0 Å². The van der Waals surface area contributed by atoms with E-state index < -0.39 is 0 Å². The van der Waals surface area contributed by atoms with Gasteiger partial charge < -0.3 is 4.74 Å². The summed E-state index contributed by atoms with van der Waals surface area (Å²) in [5, 5.41) is 0. The fourth-order valence-corrected chi connectivity index (χ4v) is 2.91. The van der Waals surface area contributed by atoms with Gasteiger partial charge in [0.15, 0.2) is 0 Å². The van der Waals surface area contributed by atoms with Gasteiger partial charge in [0.05, 0.1) is 12.5 Å². The van der Waals surface area contributed by atoms with Crippen LogP contribution in [0, 0.1) is 5.92 Å². The molecule has 0 bridgehead atoms. The van der Waals surface area contributed by atoms with E-state index in [1.165, 1.54) is 11.1 Å². The summed E-state index contributed by atoms with van der Waals surface area (Å²) in [7, 11) is 0. The van der Waals surface area contributed by atoms with Crippen LogP contribution in [0.15, 0.2) is 24.3 Å². The van der Waals surface area contributed by atoms with Crippen LogP contribution >= 0.6 is 0 Å². The van der Waals surface area contributed by atoms with Crippen molar-refractivity contribution in [1.82, 2.24) is 0 Å². The van der Waals surface area contributed by atoms with Gasteiger partial charge in [-0.3, -0.25) is 4.79 Å².